The predicted molar refractivity (Wildman–Crippen MR) is 59.4 cm³/mol. The van der Waals surface area contributed by atoms with E-state index in [0.717, 1.165) is 0 Å². The number of rotatable bonds is 6. The number of hydrogen-bond acceptors (Lipinski definition) is 5. The molecule has 4 N–H and O–H groups in total. The van der Waals surface area contributed by atoms with E-state index in [4.69, 9.17) is 10.8 Å². The van der Waals surface area contributed by atoms with Crippen molar-refractivity contribution in [2.75, 3.05) is 0 Å². The van der Waals surface area contributed by atoms with Gasteiger partial charge < -0.3 is 16.2 Å². The molecule has 1 aromatic heterocycles. The lowest BCUT2D eigenvalue weighted by molar-refractivity contribution is -0.139. The zero-order valence-electron chi connectivity index (χ0n) is 8.75. The van der Waals surface area contributed by atoms with E-state index in [1.54, 1.807) is 0 Å². The number of thiazole rings is 1. The van der Waals surface area contributed by atoms with Crippen molar-refractivity contribution >= 4 is 29.1 Å². The molecule has 0 bridgehead atoms. The van der Waals surface area contributed by atoms with Crippen molar-refractivity contribution in [3.63, 3.8) is 0 Å². The average Bonchev–Trinajstić information content (AvgIpc) is 2.76. The van der Waals surface area contributed by atoms with Crippen LogP contribution in [-0.4, -0.2) is 33.9 Å². The molecule has 0 aliphatic carbocycles. The zero-order chi connectivity index (χ0) is 12.8. The highest BCUT2D eigenvalue weighted by Gasteiger charge is 2.21. The lowest BCUT2D eigenvalue weighted by Crippen LogP contribution is -2.41. The van der Waals surface area contributed by atoms with Gasteiger partial charge in [-0.05, 0) is 6.42 Å². The zero-order valence-corrected chi connectivity index (χ0v) is 9.57. The summed E-state index contributed by atoms with van der Waals surface area (Å²) in [6.45, 7) is 0. The molecular formula is C9H11N3O4S. The van der Waals surface area contributed by atoms with E-state index in [9.17, 15) is 14.4 Å². The predicted octanol–water partition coefficient (Wildman–Crippen LogP) is -0.408. The molecular weight excluding hydrogens is 246 g/mol. The molecule has 0 unspecified atom stereocenters. The molecule has 8 heteroatoms. The van der Waals surface area contributed by atoms with Gasteiger partial charge in [0.15, 0.2) is 0 Å². The first-order valence-corrected chi connectivity index (χ1v) is 5.65. The Morgan fingerprint density at radius 2 is 2.24 bits per heavy atom. The number of hydrogen-bond donors (Lipinski definition) is 3. The number of aromatic nitrogens is 1. The molecule has 0 fully saturated rings. The van der Waals surface area contributed by atoms with E-state index in [2.05, 4.69) is 10.3 Å². The van der Waals surface area contributed by atoms with Crippen molar-refractivity contribution in [3.05, 3.63) is 16.6 Å². The summed E-state index contributed by atoms with van der Waals surface area (Å²) in [5.41, 5.74) is 6.53. The lowest BCUT2D eigenvalue weighted by Gasteiger charge is -2.12. The van der Waals surface area contributed by atoms with Gasteiger partial charge in [0.05, 0.1) is 5.51 Å². The maximum absolute atomic E-state index is 11.5. The second-order valence-corrected chi connectivity index (χ2v) is 3.96. The first kappa shape index (κ1) is 13.1. The van der Waals surface area contributed by atoms with Crippen LogP contribution in [0.5, 0.6) is 0 Å². The molecule has 0 aliphatic heterocycles. The lowest BCUT2D eigenvalue weighted by atomic mass is 10.1. The van der Waals surface area contributed by atoms with E-state index in [1.807, 2.05) is 0 Å². The Bertz CT molecular complexity index is 418. The van der Waals surface area contributed by atoms with Gasteiger partial charge in [0.25, 0.3) is 5.91 Å². The minimum absolute atomic E-state index is 0.0411. The van der Waals surface area contributed by atoms with Crippen LogP contribution in [0.3, 0.4) is 0 Å². The van der Waals surface area contributed by atoms with E-state index >= 15 is 0 Å². The van der Waals surface area contributed by atoms with Gasteiger partial charge in [-0.2, -0.15) is 0 Å². The second-order valence-electron chi connectivity index (χ2n) is 3.24. The largest absolute Gasteiger partial charge is 0.480 e. The van der Waals surface area contributed by atoms with Gasteiger partial charge >= 0.3 is 5.97 Å². The number of aliphatic carboxylic acids is 1. The van der Waals surface area contributed by atoms with Gasteiger partial charge in [-0.15, -0.1) is 11.3 Å². The summed E-state index contributed by atoms with van der Waals surface area (Å²) in [4.78, 5) is 36.6. The minimum atomic E-state index is -1.21. The van der Waals surface area contributed by atoms with Crippen LogP contribution in [0.4, 0.5) is 0 Å². The van der Waals surface area contributed by atoms with Crippen molar-refractivity contribution < 1.29 is 19.5 Å². The van der Waals surface area contributed by atoms with Gasteiger partial charge in [-0.1, -0.05) is 0 Å². The number of nitrogens with zero attached hydrogens (tertiary/aromatic N) is 1. The van der Waals surface area contributed by atoms with Gasteiger partial charge in [0.2, 0.25) is 5.91 Å². The highest BCUT2D eigenvalue weighted by molar-refractivity contribution is 7.07. The fraction of sp³-hybridized carbons (Fsp3) is 0.333. The molecule has 0 aromatic carbocycles. The molecule has 1 heterocycles. The van der Waals surface area contributed by atoms with Crippen LogP contribution >= 0.6 is 11.3 Å². The number of nitrogens with one attached hydrogen (secondary N) is 1. The summed E-state index contributed by atoms with van der Waals surface area (Å²) in [5, 5.41) is 12.6. The summed E-state index contributed by atoms with van der Waals surface area (Å²) >= 11 is 1.23. The van der Waals surface area contributed by atoms with E-state index in [0.29, 0.717) is 0 Å². The molecule has 0 spiro atoms. The molecule has 0 saturated carbocycles. The highest BCUT2D eigenvalue weighted by atomic mass is 32.1. The van der Waals surface area contributed by atoms with Crippen molar-refractivity contribution in [2.45, 2.75) is 18.9 Å². The van der Waals surface area contributed by atoms with Crippen LogP contribution < -0.4 is 11.1 Å². The molecule has 7 nitrogen and oxygen atoms in total. The van der Waals surface area contributed by atoms with Crippen molar-refractivity contribution in [1.29, 1.82) is 0 Å². The van der Waals surface area contributed by atoms with Crippen LogP contribution in [-0.2, 0) is 9.59 Å². The Labute approximate surface area is 101 Å². The number of carbonyl (C=O) groups excluding carboxylic acids is 2. The minimum Gasteiger partial charge on any atom is -0.480 e. The molecule has 2 amide bonds. The molecule has 0 aliphatic rings. The molecule has 1 aromatic rings. The van der Waals surface area contributed by atoms with E-state index < -0.39 is 23.8 Å². The molecule has 92 valence electrons. The van der Waals surface area contributed by atoms with Crippen LogP contribution in [0.1, 0.15) is 23.3 Å². The second kappa shape index (κ2) is 5.94. The number of carboxylic acids is 1. The Morgan fingerprint density at radius 3 is 2.71 bits per heavy atom. The van der Waals surface area contributed by atoms with Gasteiger partial charge in [-0.25, -0.2) is 9.78 Å². The quantitative estimate of drug-likeness (QED) is 0.639. The van der Waals surface area contributed by atoms with Crippen molar-refractivity contribution in [2.24, 2.45) is 5.73 Å². The van der Waals surface area contributed by atoms with Crippen LogP contribution in [0, 0.1) is 0 Å². The molecule has 0 saturated heterocycles. The van der Waals surface area contributed by atoms with Gasteiger partial charge in [0, 0.05) is 11.8 Å². The fourth-order valence-corrected chi connectivity index (χ4v) is 1.63. The molecule has 0 radical (unpaired) electrons. The van der Waals surface area contributed by atoms with Crippen LogP contribution in [0.25, 0.3) is 0 Å². The number of nitrogens with two attached hydrogens (primary N) is 1. The van der Waals surface area contributed by atoms with E-state index in [1.165, 1.54) is 22.2 Å². The first-order chi connectivity index (χ1) is 8.00. The standard InChI is InChI=1S/C9H11N3O4S/c10-7(13)2-1-5(9(15)16)12-8(14)6-3-17-4-11-6/h3-5H,1-2H2,(H2,10,13)(H,12,14)(H,15,16)/t5-/m1/s1. The van der Waals surface area contributed by atoms with Crippen molar-refractivity contribution in [1.82, 2.24) is 10.3 Å². The maximum atomic E-state index is 11.5. The average molecular weight is 257 g/mol. The monoisotopic (exact) mass is 257 g/mol. The molecule has 1 rings (SSSR count). The third kappa shape index (κ3) is 4.19. The Morgan fingerprint density at radius 1 is 1.53 bits per heavy atom. The summed E-state index contributed by atoms with van der Waals surface area (Å²) in [6.07, 6.45) is -0.144. The van der Waals surface area contributed by atoms with Crippen molar-refractivity contribution in [3.8, 4) is 0 Å². The third-order valence-corrected chi connectivity index (χ3v) is 2.53. The number of amides is 2. The Balaban J connectivity index is 2.58. The SMILES string of the molecule is NC(=O)CC[C@@H](NC(=O)c1cscn1)C(=O)O. The Hall–Kier alpha value is -1.96. The summed E-state index contributed by atoms with van der Waals surface area (Å²) in [5.74, 6) is -2.41. The van der Waals surface area contributed by atoms with Gasteiger partial charge in [0.1, 0.15) is 11.7 Å². The number of carboxylic acid groups (broad SMARTS) is 1. The van der Waals surface area contributed by atoms with E-state index in [-0.39, 0.29) is 18.5 Å². The topological polar surface area (TPSA) is 122 Å². The maximum Gasteiger partial charge on any atom is 0.326 e. The molecule has 17 heavy (non-hydrogen) atoms. The number of primary amides is 1. The fourth-order valence-electron chi connectivity index (χ4n) is 1.10. The normalized spacial score (nSPS) is 11.8. The third-order valence-electron chi connectivity index (χ3n) is 1.95. The van der Waals surface area contributed by atoms with Crippen LogP contribution in [0.15, 0.2) is 10.9 Å². The smallest absolute Gasteiger partial charge is 0.326 e. The number of carbonyl (C=O) groups is 3. The summed E-state index contributed by atoms with van der Waals surface area (Å²) < 4.78 is 0. The first-order valence-electron chi connectivity index (χ1n) is 4.71. The Kier molecular flexibility index (Phi) is 4.58. The summed E-state index contributed by atoms with van der Waals surface area (Å²) in [7, 11) is 0. The van der Waals surface area contributed by atoms with Gasteiger partial charge in [-0.3, -0.25) is 9.59 Å². The summed E-state index contributed by atoms with van der Waals surface area (Å²) in [6, 6.07) is -1.14. The molecule has 1 atom stereocenters. The highest BCUT2D eigenvalue weighted by Crippen LogP contribution is 2.03. The van der Waals surface area contributed by atoms with Crippen LogP contribution in [0.2, 0.25) is 0 Å².